The molecule has 0 aromatic carbocycles. The van der Waals surface area contributed by atoms with Gasteiger partial charge in [0.1, 0.15) is 0 Å². The molecule has 0 aliphatic carbocycles. The Bertz CT molecular complexity index is 721. The van der Waals surface area contributed by atoms with E-state index in [4.69, 9.17) is 19.4 Å². The Balaban J connectivity index is -0.000000145. The molecule has 0 fully saturated rings. The number of nitrogens with two attached hydrogens (primary N) is 2. The second kappa shape index (κ2) is 48.0. The van der Waals surface area contributed by atoms with E-state index >= 15 is 0 Å². The van der Waals surface area contributed by atoms with Crippen LogP contribution in [0, 0.1) is 0 Å². The number of hydrogen-bond donors (Lipinski definition) is 5. The summed E-state index contributed by atoms with van der Waals surface area (Å²) in [5.74, 6) is 0. The minimum atomic E-state index is -2.57. The van der Waals surface area contributed by atoms with Crippen LogP contribution < -0.4 is 17.6 Å². The number of unbranched alkanes of at least 4 members (excludes halogenated alkanes) is 7. The lowest BCUT2D eigenvalue weighted by atomic mass is 10.0. The molecule has 0 rings (SSSR count). The van der Waals surface area contributed by atoms with E-state index in [1.165, 1.54) is 164 Å². The van der Waals surface area contributed by atoms with E-state index in [2.05, 4.69) is 78.3 Å². The Morgan fingerprint density at radius 2 is 0.904 bits per heavy atom. The SMILES string of the molecule is CCCC[N+](CCCC)(CCCC)C(CC)CCC.CCCC[N+](CCCC)(CCCC)CCCC.CCO[PH](=O)C(N)=O.N.NC(=O)O.O=[PH2]O. The number of quaternary nitrogens is 2. The minimum absolute atomic E-state index is 0. The number of primary amides is 2. The van der Waals surface area contributed by atoms with E-state index < -0.39 is 28.5 Å². The summed E-state index contributed by atoms with van der Waals surface area (Å²) >= 11 is 0. The molecule has 3 atom stereocenters. The van der Waals surface area contributed by atoms with Gasteiger partial charge in [-0.1, -0.05) is 114 Å². The zero-order valence-corrected chi connectivity index (χ0v) is 38.2. The van der Waals surface area contributed by atoms with Crippen molar-refractivity contribution in [3.63, 3.8) is 0 Å². The first-order chi connectivity index (χ1) is 24.3. The summed E-state index contributed by atoms with van der Waals surface area (Å²) in [4.78, 5) is 25.8. The van der Waals surface area contributed by atoms with Gasteiger partial charge in [0.05, 0.1) is 58.5 Å². The van der Waals surface area contributed by atoms with Gasteiger partial charge in [-0.25, -0.2) is 4.79 Å². The largest absolute Gasteiger partial charge is 0.465 e. The van der Waals surface area contributed by atoms with Gasteiger partial charge in [-0.15, -0.1) is 0 Å². The van der Waals surface area contributed by atoms with Gasteiger partial charge in [-0.3, -0.25) is 13.9 Å². The van der Waals surface area contributed by atoms with Crippen molar-refractivity contribution in [1.82, 2.24) is 6.15 Å². The first-order valence-corrected chi connectivity index (χ1v) is 22.8. The molecule has 9 N–H and O–H groups in total. The number of nitrogens with zero attached hydrogens (tertiary/aromatic N) is 2. The summed E-state index contributed by atoms with van der Waals surface area (Å²) in [7, 11) is -4.07. The van der Waals surface area contributed by atoms with Crippen molar-refractivity contribution >= 4 is 28.5 Å². The summed E-state index contributed by atoms with van der Waals surface area (Å²) in [6.45, 7) is 33.0. The molecule has 0 radical (unpaired) electrons. The van der Waals surface area contributed by atoms with Crippen LogP contribution in [0.2, 0.25) is 0 Å². The van der Waals surface area contributed by atoms with Gasteiger partial charge in [0.15, 0.2) is 8.69 Å². The zero-order valence-electron chi connectivity index (χ0n) is 36.0. The zero-order chi connectivity index (χ0) is 40.4. The molecule has 0 heterocycles. The topological polar surface area (TPSA) is 205 Å². The minimum Gasteiger partial charge on any atom is -0.465 e. The average Bonchev–Trinajstić information content (AvgIpc) is 3.10. The molecule has 0 saturated carbocycles. The fourth-order valence-electron chi connectivity index (χ4n) is 6.35. The highest BCUT2D eigenvalue weighted by Crippen LogP contribution is 2.25. The molecule has 3 unspecified atom stereocenters. The standard InChI is InChI=1S/C18H40N.C16H36N.C3H8NO3P.CH3NO2.H3N.H3O2P/c1-6-11-15-19(16-12-7-2,17-13-8-3)18(10-5)14-9-4;1-5-9-13-17(14-10-6-2,15-11-7-3)16-12-8-4;1-2-7-8(6)3(4)5;2-1(3)4;;1-3-2/h18H,6-17H2,1-5H3;5-16H2,1-4H3;8H,2H2,1H3,(H2,4,5);2H2,(H,3,4);1H3;3H2,(H,1,2)/q2*+1;;;;. The van der Waals surface area contributed by atoms with Crippen LogP contribution in [0.15, 0.2) is 0 Å². The molecular formula is C38H93N5O7P2+2. The molecule has 2 amide bonds. The molecular weight excluding hydrogens is 700 g/mol. The van der Waals surface area contributed by atoms with E-state index in [9.17, 15) is 9.36 Å². The van der Waals surface area contributed by atoms with Crippen LogP contribution in [-0.2, 0) is 13.7 Å². The van der Waals surface area contributed by atoms with Crippen molar-refractivity contribution < 1.29 is 42.2 Å². The highest BCUT2D eigenvalue weighted by atomic mass is 31.1. The highest BCUT2D eigenvalue weighted by Gasteiger charge is 2.33. The number of carbonyl (C=O) groups is 2. The van der Waals surface area contributed by atoms with Gasteiger partial charge in [0, 0.05) is 0 Å². The number of hydrogen-bond acceptors (Lipinski definition) is 6. The van der Waals surface area contributed by atoms with Crippen LogP contribution in [0.3, 0.4) is 0 Å². The summed E-state index contributed by atoms with van der Waals surface area (Å²) in [5, 5.41) is 7.19. The first-order valence-electron chi connectivity index (χ1n) is 20.5. The molecule has 0 bridgehead atoms. The highest BCUT2D eigenvalue weighted by molar-refractivity contribution is 7.58. The second-order valence-corrected chi connectivity index (χ2v) is 15.0. The van der Waals surface area contributed by atoms with Crippen LogP contribution >= 0.6 is 16.7 Å². The van der Waals surface area contributed by atoms with E-state index in [0.717, 1.165) is 6.04 Å². The number of amides is 2. The third kappa shape index (κ3) is 41.8. The maximum atomic E-state index is 10.2. The molecule has 0 aliphatic rings. The smallest absolute Gasteiger partial charge is 0.402 e. The predicted octanol–water partition coefficient (Wildman–Crippen LogP) is 10.8. The van der Waals surface area contributed by atoms with Crippen molar-refractivity contribution in [2.75, 3.05) is 52.4 Å². The van der Waals surface area contributed by atoms with E-state index in [1.807, 2.05) is 0 Å². The third-order valence-corrected chi connectivity index (χ3v) is 10.1. The fourth-order valence-corrected chi connectivity index (χ4v) is 6.75. The molecule has 52 heavy (non-hydrogen) atoms. The van der Waals surface area contributed by atoms with Gasteiger partial charge in [0.2, 0.25) is 0 Å². The molecule has 12 nitrogen and oxygen atoms in total. The van der Waals surface area contributed by atoms with Crippen molar-refractivity contribution in [2.24, 2.45) is 11.5 Å². The van der Waals surface area contributed by atoms with Crippen LogP contribution in [-0.4, -0.2) is 89.2 Å². The van der Waals surface area contributed by atoms with Gasteiger partial charge < -0.3 is 41.1 Å². The fraction of sp³-hybridized carbons (Fsp3) is 0.947. The maximum absolute atomic E-state index is 10.2. The van der Waals surface area contributed by atoms with Gasteiger partial charge >= 0.3 is 6.09 Å². The molecule has 0 spiro atoms. The van der Waals surface area contributed by atoms with Gasteiger partial charge in [0.25, 0.3) is 13.7 Å². The lowest BCUT2D eigenvalue weighted by molar-refractivity contribution is -0.952. The van der Waals surface area contributed by atoms with E-state index in [0.29, 0.717) is 0 Å². The van der Waals surface area contributed by atoms with Crippen molar-refractivity contribution in [1.29, 1.82) is 0 Å². The monoisotopic (exact) mass is 794 g/mol. The van der Waals surface area contributed by atoms with Crippen molar-refractivity contribution in [3.05, 3.63) is 0 Å². The Kier molecular flexibility index (Phi) is 58.1. The van der Waals surface area contributed by atoms with Crippen molar-refractivity contribution in [3.8, 4) is 0 Å². The number of carboxylic acid groups (broad SMARTS) is 1. The Morgan fingerprint density at radius 1 is 0.635 bits per heavy atom. The summed E-state index contributed by atoms with van der Waals surface area (Å²) in [6, 6.07) is 0.912. The summed E-state index contributed by atoms with van der Waals surface area (Å²) < 4.78 is 26.0. The van der Waals surface area contributed by atoms with Crippen molar-refractivity contribution in [2.45, 2.75) is 184 Å². The van der Waals surface area contributed by atoms with E-state index in [1.54, 1.807) is 6.92 Å². The molecule has 0 aliphatic heterocycles. The quantitative estimate of drug-likeness (QED) is 0.0380. The molecule has 0 aromatic rings. The number of rotatable bonds is 28. The Hall–Kier alpha value is -1.00. The average molecular weight is 794 g/mol. The summed E-state index contributed by atoms with van der Waals surface area (Å²) in [6.07, 6.45) is 22.1. The first kappa shape index (κ1) is 63.0. The normalized spacial score (nSPS) is 12.0. The molecule has 0 aromatic heterocycles. The number of carbonyl (C=O) groups excluding carboxylic acids is 1. The third-order valence-electron chi connectivity index (χ3n) is 9.16. The summed E-state index contributed by atoms with van der Waals surface area (Å²) in [5.41, 5.74) is 7.75. The predicted molar refractivity (Wildman–Crippen MR) is 228 cm³/mol. The van der Waals surface area contributed by atoms with E-state index in [-0.39, 0.29) is 12.8 Å². The Morgan fingerprint density at radius 3 is 1.08 bits per heavy atom. The lowest BCUT2D eigenvalue weighted by Gasteiger charge is -2.45. The van der Waals surface area contributed by atoms with Crippen LogP contribution in [0.25, 0.3) is 0 Å². The van der Waals surface area contributed by atoms with Crippen LogP contribution in [0.4, 0.5) is 9.59 Å². The Labute approximate surface area is 324 Å². The second-order valence-electron chi connectivity index (χ2n) is 13.5. The van der Waals surface area contributed by atoms with Gasteiger partial charge in [-0.2, -0.15) is 0 Å². The van der Waals surface area contributed by atoms with Gasteiger partial charge in [-0.05, 0) is 64.7 Å². The molecule has 320 valence electrons. The maximum Gasteiger partial charge on any atom is 0.402 e. The molecule has 0 saturated heterocycles. The molecule has 14 heteroatoms. The van der Waals surface area contributed by atoms with Crippen LogP contribution in [0.1, 0.15) is 178 Å². The van der Waals surface area contributed by atoms with Crippen LogP contribution in [0.5, 0.6) is 0 Å². The lowest BCUT2D eigenvalue weighted by Crippen LogP contribution is -2.56.